The number of rotatable bonds is 7. The summed E-state index contributed by atoms with van der Waals surface area (Å²) in [6.07, 6.45) is 6.54. The molecule has 66 heavy (non-hydrogen) atoms. The smallest absolute Gasteiger partial charge is 0.0727 e. The van der Waals surface area contributed by atoms with Crippen LogP contribution in [0.25, 0.3) is 33.4 Å². The van der Waals surface area contributed by atoms with Gasteiger partial charge in [0.1, 0.15) is 0 Å². The Morgan fingerprint density at radius 1 is 0.318 bits per heavy atom. The summed E-state index contributed by atoms with van der Waals surface area (Å²) >= 11 is 0. The maximum absolute atomic E-state index is 2.53. The molecule has 0 saturated heterocycles. The fourth-order valence-electron chi connectivity index (χ4n) is 12.6. The van der Waals surface area contributed by atoms with E-state index in [1.54, 1.807) is 0 Å². The monoisotopic (exact) mass is 848 g/mol. The summed E-state index contributed by atoms with van der Waals surface area (Å²) in [6, 6.07) is 80.4. The number of nitrogens with zero attached hydrogens (tertiary/aromatic N) is 2. The van der Waals surface area contributed by atoms with E-state index in [9.17, 15) is 0 Å². The standard InChI is InChI=1S/C64H52N2/c1-63(2)57-30-15-12-27-51(57)54-36-33-48(40-60(54)63)66(46-24-10-5-11-25-46)50-35-38-56-53-29-14-17-32-59(53)64(62(56)42-50)58-31-16-13-28-52(58)55-37-34-49(41-61(55)64)65(45-22-8-4-9-23-45)47-26-18-21-44(39-47)43-19-6-3-7-20-43/h4-5,8-18,21-43H,3,6-7,19-20H2,1-2H3. The van der Waals surface area contributed by atoms with Crippen LogP contribution in [0.2, 0.25) is 0 Å². The molecule has 4 aliphatic rings. The van der Waals surface area contributed by atoms with Crippen molar-refractivity contribution in [2.24, 2.45) is 0 Å². The van der Waals surface area contributed by atoms with Crippen LogP contribution in [-0.2, 0) is 10.8 Å². The molecule has 1 spiro atoms. The lowest BCUT2D eigenvalue weighted by Gasteiger charge is -2.33. The largest absolute Gasteiger partial charge is 0.310 e. The van der Waals surface area contributed by atoms with Crippen molar-refractivity contribution < 1.29 is 0 Å². The van der Waals surface area contributed by atoms with Gasteiger partial charge in [-0.1, -0.05) is 173 Å². The molecule has 0 aliphatic heterocycles. The van der Waals surface area contributed by atoms with Gasteiger partial charge in [-0.15, -0.1) is 0 Å². The molecule has 1 fully saturated rings. The van der Waals surface area contributed by atoms with Crippen molar-refractivity contribution in [1.29, 1.82) is 0 Å². The van der Waals surface area contributed by atoms with E-state index in [2.05, 4.69) is 236 Å². The molecule has 1 saturated carbocycles. The summed E-state index contributed by atoms with van der Waals surface area (Å²) in [7, 11) is 0. The summed E-state index contributed by atoms with van der Waals surface area (Å²) < 4.78 is 0. The van der Waals surface area contributed by atoms with E-state index in [0.29, 0.717) is 5.92 Å². The van der Waals surface area contributed by atoms with E-state index in [1.165, 1.54) is 116 Å². The van der Waals surface area contributed by atoms with Gasteiger partial charge in [0.25, 0.3) is 0 Å². The molecule has 13 rings (SSSR count). The minimum absolute atomic E-state index is 0.117. The lowest BCUT2D eigenvalue weighted by atomic mass is 9.70. The summed E-state index contributed by atoms with van der Waals surface area (Å²) in [5, 5.41) is 0. The third-order valence-electron chi connectivity index (χ3n) is 15.6. The average molecular weight is 849 g/mol. The molecule has 1 atom stereocenters. The summed E-state index contributed by atoms with van der Waals surface area (Å²) in [4.78, 5) is 4.97. The Hall–Kier alpha value is -7.42. The van der Waals surface area contributed by atoms with Crippen molar-refractivity contribution in [2.45, 2.75) is 62.7 Å². The first-order valence-electron chi connectivity index (χ1n) is 24.0. The van der Waals surface area contributed by atoms with Crippen LogP contribution in [0.15, 0.2) is 212 Å². The van der Waals surface area contributed by atoms with E-state index < -0.39 is 5.41 Å². The Balaban J connectivity index is 1.02. The molecule has 1 unspecified atom stereocenters. The molecule has 4 aliphatic carbocycles. The van der Waals surface area contributed by atoms with Gasteiger partial charge in [-0.2, -0.15) is 0 Å². The minimum atomic E-state index is -0.542. The maximum Gasteiger partial charge on any atom is 0.0727 e. The van der Waals surface area contributed by atoms with Crippen molar-refractivity contribution in [1.82, 2.24) is 0 Å². The van der Waals surface area contributed by atoms with Crippen molar-refractivity contribution >= 4 is 34.1 Å². The summed E-state index contributed by atoms with van der Waals surface area (Å²) in [6.45, 7) is 4.75. The Bertz CT molecular complexity index is 3330. The molecule has 0 heterocycles. The van der Waals surface area contributed by atoms with Gasteiger partial charge in [-0.3, -0.25) is 0 Å². The quantitative estimate of drug-likeness (QED) is 0.158. The van der Waals surface area contributed by atoms with Gasteiger partial charge in [-0.25, -0.2) is 0 Å². The van der Waals surface area contributed by atoms with Gasteiger partial charge in [0.05, 0.1) is 5.41 Å². The lowest BCUT2D eigenvalue weighted by Crippen LogP contribution is -2.26. The summed E-state index contributed by atoms with van der Waals surface area (Å²) in [5.74, 6) is 0.616. The van der Waals surface area contributed by atoms with Crippen LogP contribution in [0.3, 0.4) is 0 Å². The number of fused-ring (bicyclic) bond motifs is 13. The highest BCUT2D eigenvalue weighted by molar-refractivity contribution is 5.98. The molecule has 0 bridgehead atoms. The molecule has 0 radical (unpaired) electrons. The fraction of sp³-hybridized carbons (Fsp3) is 0.156. The number of hydrogen-bond donors (Lipinski definition) is 0. The van der Waals surface area contributed by atoms with Gasteiger partial charge in [0.15, 0.2) is 0 Å². The van der Waals surface area contributed by atoms with E-state index in [1.807, 2.05) is 0 Å². The lowest BCUT2D eigenvalue weighted by molar-refractivity contribution is 0.443. The van der Waals surface area contributed by atoms with Crippen LogP contribution in [0.4, 0.5) is 34.1 Å². The van der Waals surface area contributed by atoms with Crippen molar-refractivity contribution in [3.63, 3.8) is 0 Å². The fourth-order valence-corrected chi connectivity index (χ4v) is 12.6. The molecule has 2 nitrogen and oxygen atoms in total. The zero-order chi connectivity index (χ0) is 44.0. The second-order valence-corrected chi connectivity index (χ2v) is 19.5. The second-order valence-electron chi connectivity index (χ2n) is 19.5. The van der Waals surface area contributed by atoms with Crippen LogP contribution in [0.1, 0.15) is 90.8 Å². The molecule has 0 aromatic heterocycles. The third-order valence-corrected chi connectivity index (χ3v) is 15.6. The molecular weight excluding hydrogens is 797 g/mol. The highest BCUT2D eigenvalue weighted by atomic mass is 15.1. The van der Waals surface area contributed by atoms with Crippen LogP contribution in [-0.4, -0.2) is 0 Å². The van der Waals surface area contributed by atoms with E-state index >= 15 is 0 Å². The topological polar surface area (TPSA) is 6.48 Å². The second kappa shape index (κ2) is 15.1. The normalized spacial score (nSPS) is 17.1. The highest BCUT2D eigenvalue weighted by Crippen LogP contribution is 2.64. The Labute approximate surface area is 389 Å². The predicted octanol–water partition coefficient (Wildman–Crippen LogP) is 17.3. The van der Waals surface area contributed by atoms with Gasteiger partial charge >= 0.3 is 0 Å². The van der Waals surface area contributed by atoms with E-state index in [-0.39, 0.29) is 5.41 Å². The molecular formula is C64H52N2. The molecule has 318 valence electrons. The van der Waals surface area contributed by atoms with Gasteiger partial charge in [0.2, 0.25) is 0 Å². The first-order valence-corrected chi connectivity index (χ1v) is 24.0. The van der Waals surface area contributed by atoms with Crippen LogP contribution < -0.4 is 9.80 Å². The van der Waals surface area contributed by atoms with Gasteiger partial charge in [-0.05, 0) is 164 Å². The van der Waals surface area contributed by atoms with Crippen molar-refractivity contribution in [2.75, 3.05) is 9.80 Å². The Morgan fingerprint density at radius 3 is 1.24 bits per heavy atom. The van der Waals surface area contributed by atoms with E-state index in [4.69, 9.17) is 0 Å². The SMILES string of the molecule is CC1(C)c2ccccc2-c2ccc(N(c3ccccc3)c3ccc4c(c3)C3(c5ccccc5-c5ccc(N(c6ccccc6)c6cccc(C7CCCCC7)c6)cc53)c3ccccc3-4)cc21. The van der Waals surface area contributed by atoms with Crippen molar-refractivity contribution in [3.05, 3.63) is 251 Å². The van der Waals surface area contributed by atoms with Crippen molar-refractivity contribution in [3.8, 4) is 33.4 Å². The predicted molar refractivity (Wildman–Crippen MR) is 275 cm³/mol. The average Bonchev–Trinajstić information content (AvgIpc) is 3.93. The molecule has 9 aromatic rings. The van der Waals surface area contributed by atoms with Crippen LogP contribution in [0, 0.1) is 0 Å². The number of anilines is 6. The first kappa shape index (κ1) is 39.0. The zero-order valence-corrected chi connectivity index (χ0v) is 37.7. The third kappa shape index (κ3) is 5.73. The maximum atomic E-state index is 2.53. The number of hydrogen-bond acceptors (Lipinski definition) is 2. The van der Waals surface area contributed by atoms with Gasteiger partial charge in [0, 0.05) is 39.5 Å². The zero-order valence-electron chi connectivity index (χ0n) is 37.7. The molecule has 2 heteroatoms. The molecule has 0 amide bonds. The van der Waals surface area contributed by atoms with Crippen LogP contribution >= 0.6 is 0 Å². The molecule has 0 N–H and O–H groups in total. The van der Waals surface area contributed by atoms with Gasteiger partial charge < -0.3 is 9.80 Å². The highest BCUT2D eigenvalue weighted by Gasteiger charge is 2.52. The minimum Gasteiger partial charge on any atom is -0.310 e. The summed E-state index contributed by atoms with van der Waals surface area (Å²) in [5.41, 5.74) is 23.8. The Kier molecular flexibility index (Phi) is 8.90. The first-order chi connectivity index (χ1) is 32.5. The molecule has 9 aromatic carbocycles. The number of para-hydroxylation sites is 2. The Morgan fingerprint density at radius 2 is 0.712 bits per heavy atom. The van der Waals surface area contributed by atoms with E-state index in [0.717, 1.165) is 22.7 Å². The number of benzene rings is 9. The van der Waals surface area contributed by atoms with Crippen LogP contribution in [0.5, 0.6) is 0 Å².